The fraction of sp³-hybridized carbons (Fsp3) is 0.619. The smallest absolute Gasteiger partial charge is 0.239 e. The zero-order valence-electron chi connectivity index (χ0n) is 16.9. The van der Waals surface area contributed by atoms with Crippen molar-refractivity contribution in [1.29, 1.82) is 0 Å². The molecule has 0 aliphatic carbocycles. The first-order valence-corrected chi connectivity index (χ1v) is 10.2. The van der Waals surface area contributed by atoms with Crippen LogP contribution in [-0.4, -0.2) is 90.3 Å². The van der Waals surface area contributed by atoms with Gasteiger partial charge in [0.2, 0.25) is 11.8 Å². The molecular weight excluding hydrogens is 359 g/mol. The number of hydrogen-bond donors (Lipinski definition) is 0. The van der Waals surface area contributed by atoms with Crippen LogP contribution >= 0.6 is 0 Å². The van der Waals surface area contributed by atoms with Crippen molar-refractivity contribution in [3.8, 4) is 0 Å². The minimum Gasteiger partial charge on any atom is -0.342 e. The van der Waals surface area contributed by atoms with E-state index < -0.39 is 0 Å². The molecule has 0 saturated carbocycles. The van der Waals surface area contributed by atoms with Gasteiger partial charge in [0.05, 0.1) is 12.6 Å². The maximum Gasteiger partial charge on any atom is 0.239 e. The standard InChI is InChI=1S/C21H31FN4O2/c1-17(21(28)23(2)15-18-6-5-7-19(22)14-18)25-12-10-24(11-13-25)16-20(27)26-8-3-4-9-26/h5-7,14,17H,3-4,8-13,15-16H2,1-2H3. The van der Waals surface area contributed by atoms with Crippen molar-refractivity contribution >= 4 is 11.8 Å². The van der Waals surface area contributed by atoms with Crippen LogP contribution in [0.25, 0.3) is 0 Å². The quantitative estimate of drug-likeness (QED) is 0.737. The van der Waals surface area contributed by atoms with Crippen LogP contribution < -0.4 is 0 Å². The van der Waals surface area contributed by atoms with Crippen LogP contribution in [0, 0.1) is 5.82 Å². The van der Waals surface area contributed by atoms with Crippen LogP contribution in [0.15, 0.2) is 24.3 Å². The third-order valence-corrected chi connectivity index (χ3v) is 5.81. The number of amides is 2. The van der Waals surface area contributed by atoms with E-state index in [0.29, 0.717) is 13.1 Å². The summed E-state index contributed by atoms with van der Waals surface area (Å²) in [6, 6.07) is 6.13. The summed E-state index contributed by atoms with van der Waals surface area (Å²) in [5, 5.41) is 0. The number of rotatable bonds is 6. The van der Waals surface area contributed by atoms with Gasteiger partial charge in [0, 0.05) is 52.9 Å². The average Bonchev–Trinajstić information content (AvgIpc) is 3.22. The lowest BCUT2D eigenvalue weighted by molar-refractivity contribution is -0.137. The molecule has 7 heteroatoms. The SMILES string of the molecule is CC(C(=O)N(C)Cc1cccc(F)c1)N1CCN(CC(=O)N2CCCC2)CC1. The van der Waals surface area contributed by atoms with E-state index >= 15 is 0 Å². The molecule has 2 heterocycles. The van der Waals surface area contributed by atoms with Crippen molar-refractivity contribution in [3.05, 3.63) is 35.6 Å². The largest absolute Gasteiger partial charge is 0.342 e. The van der Waals surface area contributed by atoms with E-state index in [-0.39, 0.29) is 23.7 Å². The summed E-state index contributed by atoms with van der Waals surface area (Å²) in [5.41, 5.74) is 0.785. The Kier molecular flexibility index (Phi) is 7.02. The summed E-state index contributed by atoms with van der Waals surface area (Å²) in [5.74, 6) is -0.0262. The highest BCUT2D eigenvalue weighted by atomic mass is 19.1. The van der Waals surface area contributed by atoms with Gasteiger partial charge in [-0.1, -0.05) is 12.1 Å². The predicted octanol–water partition coefficient (Wildman–Crippen LogP) is 1.41. The highest BCUT2D eigenvalue weighted by Crippen LogP contribution is 2.13. The third-order valence-electron chi connectivity index (χ3n) is 5.81. The Labute approximate surface area is 166 Å². The van der Waals surface area contributed by atoms with Gasteiger partial charge < -0.3 is 9.80 Å². The number of carbonyl (C=O) groups is 2. The van der Waals surface area contributed by atoms with Gasteiger partial charge in [-0.05, 0) is 37.5 Å². The van der Waals surface area contributed by atoms with Gasteiger partial charge in [-0.2, -0.15) is 0 Å². The molecule has 28 heavy (non-hydrogen) atoms. The van der Waals surface area contributed by atoms with Crippen LogP contribution in [-0.2, 0) is 16.1 Å². The second-order valence-electron chi connectivity index (χ2n) is 7.90. The first-order chi connectivity index (χ1) is 13.4. The Morgan fingerprint density at radius 3 is 2.43 bits per heavy atom. The highest BCUT2D eigenvalue weighted by Gasteiger charge is 2.29. The van der Waals surface area contributed by atoms with Gasteiger partial charge in [-0.25, -0.2) is 4.39 Å². The summed E-state index contributed by atoms with van der Waals surface area (Å²) < 4.78 is 13.4. The number of carbonyl (C=O) groups excluding carboxylic acids is 2. The minimum absolute atomic E-state index is 0.0332. The van der Waals surface area contributed by atoms with E-state index in [1.54, 1.807) is 18.0 Å². The maximum atomic E-state index is 13.4. The van der Waals surface area contributed by atoms with E-state index in [4.69, 9.17) is 0 Å². The zero-order valence-corrected chi connectivity index (χ0v) is 16.9. The molecule has 3 rings (SSSR count). The normalized spacial score (nSPS) is 19.6. The lowest BCUT2D eigenvalue weighted by atomic mass is 10.1. The van der Waals surface area contributed by atoms with Crippen LogP contribution in [0.3, 0.4) is 0 Å². The summed E-state index contributed by atoms with van der Waals surface area (Å²) >= 11 is 0. The number of nitrogens with zero attached hydrogens (tertiary/aromatic N) is 4. The molecule has 2 saturated heterocycles. The van der Waals surface area contributed by atoms with Crippen LogP contribution in [0.2, 0.25) is 0 Å². The lowest BCUT2D eigenvalue weighted by Crippen LogP contribution is -2.55. The van der Waals surface area contributed by atoms with Gasteiger partial charge in [-0.3, -0.25) is 19.4 Å². The fourth-order valence-electron chi connectivity index (χ4n) is 4.03. The second-order valence-corrected chi connectivity index (χ2v) is 7.90. The molecule has 0 radical (unpaired) electrons. The molecular formula is C21H31FN4O2. The number of piperazine rings is 1. The van der Waals surface area contributed by atoms with Gasteiger partial charge in [0.1, 0.15) is 5.82 Å². The Bertz CT molecular complexity index is 685. The van der Waals surface area contributed by atoms with Crippen molar-refractivity contribution in [2.45, 2.75) is 32.4 Å². The molecule has 1 aromatic carbocycles. The number of likely N-dealkylation sites (tertiary alicyclic amines) is 1. The molecule has 2 amide bonds. The van der Waals surface area contributed by atoms with Gasteiger partial charge >= 0.3 is 0 Å². The highest BCUT2D eigenvalue weighted by molar-refractivity contribution is 5.81. The predicted molar refractivity (Wildman–Crippen MR) is 106 cm³/mol. The molecule has 1 aromatic rings. The summed E-state index contributed by atoms with van der Waals surface area (Å²) in [7, 11) is 1.76. The average molecular weight is 391 g/mol. The molecule has 154 valence electrons. The topological polar surface area (TPSA) is 47.1 Å². The lowest BCUT2D eigenvalue weighted by Gasteiger charge is -2.38. The Balaban J connectivity index is 1.45. The summed E-state index contributed by atoms with van der Waals surface area (Å²) in [6.45, 7) is 7.72. The van der Waals surface area contributed by atoms with Crippen molar-refractivity contribution in [3.63, 3.8) is 0 Å². The Hall–Kier alpha value is -1.99. The first kappa shape index (κ1) is 20.7. The third kappa shape index (κ3) is 5.29. The molecule has 0 aromatic heterocycles. The van der Waals surface area contributed by atoms with E-state index in [1.807, 2.05) is 17.9 Å². The molecule has 6 nitrogen and oxygen atoms in total. The van der Waals surface area contributed by atoms with Crippen LogP contribution in [0.5, 0.6) is 0 Å². The first-order valence-electron chi connectivity index (χ1n) is 10.2. The van der Waals surface area contributed by atoms with Gasteiger partial charge in [0.25, 0.3) is 0 Å². The van der Waals surface area contributed by atoms with E-state index in [2.05, 4.69) is 9.80 Å². The number of benzene rings is 1. The number of likely N-dealkylation sites (N-methyl/N-ethyl adjacent to an activating group) is 1. The van der Waals surface area contributed by atoms with E-state index in [0.717, 1.165) is 57.7 Å². The molecule has 1 unspecified atom stereocenters. The van der Waals surface area contributed by atoms with Crippen molar-refractivity contribution in [2.75, 3.05) is 52.9 Å². The Morgan fingerprint density at radius 2 is 1.79 bits per heavy atom. The van der Waals surface area contributed by atoms with Crippen LogP contribution in [0.4, 0.5) is 4.39 Å². The molecule has 2 aliphatic rings. The van der Waals surface area contributed by atoms with Crippen molar-refractivity contribution < 1.29 is 14.0 Å². The fourth-order valence-corrected chi connectivity index (χ4v) is 4.03. The van der Waals surface area contributed by atoms with Gasteiger partial charge in [0.15, 0.2) is 0 Å². The molecule has 2 fully saturated rings. The Morgan fingerprint density at radius 1 is 1.11 bits per heavy atom. The minimum atomic E-state index is -0.286. The summed E-state index contributed by atoms with van der Waals surface area (Å²) in [4.78, 5) is 33.1. The maximum absolute atomic E-state index is 13.4. The molecule has 2 aliphatic heterocycles. The summed E-state index contributed by atoms with van der Waals surface area (Å²) in [6.07, 6.45) is 2.23. The monoisotopic (exact) mass is 390 g/mol. The second kappa shape index (κ2) is 9.47. The van der Waals surface area contributed by atoms with E-state index in [1.165, 1.54) is 12.1 Å². The number of halogens is 1. The zero-order chi connectivity index (χ0) is 20.1. The van der Waals surface area contributed by atoms with Crippen molar-refractivity contribution in [1.82, 2.24) is 19.6 Å². The van der Waals surface area contributed by atoms with Gasteiger partial charge in [-0.15, -0.1) is 0 Å². The molecule has 0 spiro atoms. The molecule has 1 atom stereocenters. The van der Waals surface area contributed by atoms with Crippen molar-refractivity contribution in [2.24, 2.45) is 0 Å². The van der Waals surface area contributed by atoms with Crippen LogP contribution in [0.1, 0.15) is 25.3 Å². The van der Waals surface area contributed by atoms with E-state index in [9.17, 15) is 14.0 Å². The molecule has 0 bridgehead atoms. The molecule has 0 N–H and O–H groups in total. The number of hydrogen-bond acceptors (Lipinski definition) is 4.